The van der Waals surface area contributed by atoms with E-state index in [1.807, 2.05) is 30.3 Å². The first-order valence-electron chi connectivity index (χ1n) is 18.6. The van der Waals surface area contributed by atoms with Crippen molar-refractivity contribution in [1.82, 2.24) is 14.5 Å². The van der Waals surface area contributed by atoms with Crippen LogP contribution in [0.15, 0.2) is 85.1 Å². The predicted molar refractivity (Wildman–Crippen MR) is 214 cm³/mol. The smallest absolute Gasteiger partial charge is 0.214 e. The summed E-state index contributed by atoms with van der Waals surface area (Å²) in [6, 6.07) is 31.3. The summed E-state index contributed by atoms with van der Waals surface area (Å²) in [6.07, 6.45) is 1.71. The monoisotopic (exact) mass is 885 g/mol. The van der Waals surface area contributed by atoms with Gasteiger partial charge in [0, 0.05) is 43.7 Å². The van der Waals surface area contributed by atoms with E-state index in [1.165, 1.54) is 15.9 Å². The molecule has 0 fully saturated rings. The van der Waals surface area contributed by atoms with Crippen molar-refractivity contribution in [2.45, 2.75) is 117 Å². The fourth-order valence-corrected chi connectivity index (χ4v) is 7.73. The van der Waals surface area contributed by atoms with E-state index in [2.05, 4.69) is 149 Å². The molecule has 53 heavy (non-hydrogen) atoms. The first kappa shape index (κ1) is 38.6. The number of para-hydroxylation sites is 1. The molecule has 7 rings (SSSR count). The minimum Gasteiger partial charge on any atom is -0.317 e. The van der Waals surface area contributed by atoms with Crippen molar-refractivity contribution in [3.05, 3.63) is 114 Å². The number of aromatic nitrogens is 4. The normalized spacial score (nSPS) is 15.1. The Balaban J connectivity index is 0.00000481. The molecule has 3 aromatic heterocycles. The van der Waals surface area contributed by atoms with Crippen LogP contribution in [0.25, 0.3) is 56.1 Å². The average Bonchev–Trinajstić information content (AvgIpc) is 3.47. The summed E-state index contributed by atoms with van der Waals surface area (Å²) < 4.78 is 3.65. The maximum absolute atomic E-state index is 11.2. The van der Waals surface area contributed by atoms with Gasteiger partial charge in [-0.25, -0.2) is 9.97 Å². The molecule has 5 nitrogen and oxygen atoms in total. The second kappa shape index (κ2) is 12.8. The van der Waals surface area contributed by atoms with E-state index in [0.717, 1.165) is 61.6 Å². The van der Waals surface area contributed by atoms with Crippen LogP contribution in [0.1, 0.15) is 112 Å². The second-order valence-corrected chi connectivity index (χ2v) is 18.9. The number of fused-ring (bicyclic) bond motifs is 5. The number of hydrogen-bond acceptors (Lipinski definition) is 3. The summed E-state index contributed by atoms with van der Waals surface area (Å²) in [5, 5.41) is 11.2. The number of nitrogens with zero attached hydrogens (tertiary/aromatic N) is 4. The van der Waals surface area contributed by atoms with E-state index in [9.17, 15) is 5.21 Å². The first-order valence-corrected chi connectivity index (χ1v) is 18.6. The van der Waals surface area contributed by atoms with Crippen LogP contribution in [0.4, 0.5) is 0 Å². The molecule has 0 aliphatic carbocycles. The molecule has 0 amide bonds. The quantitative estimate of drug-likeness (QED) is 0.109. The van der Waals surface area contributed by atoms with Crippen molar-refractivity contribution < 1.29 is 31.0 Å². The summed E-state index contributed by atoms with van der Waals surface area (Å²) in [7, 11) is 0. The Hall–Kier alpha value is -4.08. The molecule has 6 aromatic rings. The van der Waals surface area contributed by atoms with Crippen LogP contribution in [0, 0.1) is 6.07 Å². The Morgan fingerprint density at radius 2 is 1.36 bits per heavy atom. The molecule has 1 aliphatic heterocycles. The topological polar surface area (TPSA) is 54.8 Å². The van der Waals surface area contributed by atoms with Gasteiger partial charge in [0.15, 0.2) is 5.82 Å². The third kappa shape index (κ3) is 6.37. The molecule has 0 spiro atoms. The van der Waals surface area contributed by atoms with Gasteiger partial charge < -0.3 is 4.57 Å². The molecule has 4 heterocycles. The SMILES string of the molecule is CC(C)(C)c1cc(-c2cccc3c2nc2n3C(C)(C)C(C)(C)c3c(C(C)(C)C)cc(C(C)(C)C)nc3-2)[c-]c(-c2cc(-c3ccccc3)cc[n+]2O)c1.[Pt]. The molecule has 1 aliphatic rings. The molecule has 0 saturated heterocycles. The largest absolute Gasteiger partial charge is 0.317 e. The Kier molecular flexibility index (Phi) is 9.30. The number of imidazole rings is 1. The van der Waals surface area contributed by atoms with E-state index in [1.54, 1.807) is 6.20 Å². The fourth-order valence-electron chi connectivity index (χ4n) is 7.73. The van der Waals surface area contributed by atoms with Crippen molar-refractivity contribution in [3.8, 4) is 45.0 Å². The molecule has 278 valence electrons. The van der Waals surface area contributed by atoms with Gasteiger partial charge in [0.2, 0.25) is 11.9 Å². The molecular weight excluding hydrogens is 832 g/mol. The number of hydrogen-bond donors (Lipinski definition) is 1. The standard InChI is InChI=1S/C47H54N4O.Pt/c1-43(2,3)33-25-31(24-32(26-33)37-27-30(22-23-50(37)52)29-18-15-14-16-19-29)34-20-17-21-36-40(34)49-42-41-39(46(10,11)47(12,13)51(36)42)35(44(4,5)6)28-38(48-41)45(7,8)9;/h14-23,25-28,52H,1-13H3;. The van der Waals surface area contributed by atoms with Crippen LogP contribution in [0.2, 0.25) is 0 Å². The van der Waals surface area contributed by atoms with E-state index >= 15 is 0 Å². The maximum atomic E-state index is 11.2. The van der Waals surface area contributed by atoms with Gasteiger partial charge in [0.05, 0.1) is 16.6 Å². The van der Waals surface area contributed by atoms with Crippen molar-refractivity contribution in [1.29, 1.82) is 0 Å². The van der Waals surface area contributed by atoms with Gasteiger partial charge in [-0.3, -0.25) is 5.21 Å². The Morgan fingerprint density at radius 1 is 0.698 bits per heavy atom. The van der Waals surface area contributed by atoms with Crippen molar-refractivity contribution >= 4 is 11.0 Å². The third-order valence-corrected chi connectivity index (χ3v) is 11.5. The van der Waals surface area contributed by atoms with Gasteiger partial charge in [-0.05, 0) is 75.4 Å². The second-order valence-electron chi connectivity index (χ2n) is 18.9. The van der Waals surface area contributed by atoms with Crippen LogP contribution in [-0.2, 0) is 48.3 Å². The molecule has 1 N–H and O–H groups in total. The molecule has 0 bridgehead atoms. The predicted octanol–water partition coefficient (Wildman–Crippen LogP) is 11.3. The Labute approximate surface area is 330 Å². The van der Waals surface area contributed by atoms with Gasteiger partial charge in [-0.15, -0.1) is 29.3 Å². The molecule has 0 atom stereocenters. The van der Waals surface area contributed by atoms with Gasteiger partial charge >= 0.3 is 0 Å². The summed E-state index contributed by atoms with van der Waals surface area (Å²) in [6.45, 7) is 29.8. The van der Waals surface area contributed by atoms with Crippen LogP contribution in [-0.4, -0.2) is 19.7 Å². The number of benzene rings is 3. The molecule has 6 heteroatoms. The summed E-state index contributed by atoms with van der Waals surface area (Å²) in [5.74, 6) is 0.911. The van der Waals surface area contributed by atoms with Crippen LogP contribution < -0.4 is 4.73 Å². The van der Waals surface area contributed by atoms with E-state index in [0.29, 0.717) is 5.69 Å². The molecule has 0 radical (unpaired) electrons. The van der Waals surface area contributed by atoms with Crippen molar-refractivity contribution in [3.63, 3.8) is 0 Å². The summed E-state index contributed by atoms with van der Waals surface area (Å²) in [4.78, 5) is 11.1. The molecular formula is C47H54N4OPt. The fraction of sp³-hybridized carbons (Fsp3) is 0.383. The van der Waals surface area contributed by atoms with Gasteiger partial charge in [0.1, 0.15) is 5.69 Å². The molecule has 0 saturated carbocycles. The minimum absolute atomic E-state index is 0. The maximum Gasteiger partial charge on any atom is 0.214 e. The summed E-state index contributed by atoms with van der Waals surface area (Å²) in [5.41, 5.74) is 12.5. The number of rotatable bonds is 3. The molecule has 3 aromatic carbocycles. The third-order valence-electron chi connectivity index (χ3n) is 11.5. The summed E-state index contributed by atoms with van der Waals surface area (Å²) >= 11 is 0. The Bertz CT molecular complexity index is 2360. The van der Waals surface area contributed by atoms with Crippen LogP contribution in [0.5, 0.6) is 0 Å². The first-order chi connectivity index (χ1) is 24.1. The van der Waals surface area contributed by atoms with Crippen molar-refractivity contribution in [2.24, 2.45) is 0 Å². The van der Waals surface area contributed by atoms with E-state index in [-0.39, 0.29) is 48.3 Å². The van der Waals surface area contributed by atoms with Crippen molar-refractivity contribution in [2.75, 3.05) is 0 Å². The zero-order valence-corrected chi connectivity index (χ0v) is 35.9. The van der Waals surface area contributed by atoms with E-state index < -0.39 is 0 Å². The van der Waals surface area contributed by atoms with Gasteiger partial charge in [0.25, 0.3) is 0 Å². The zero-order chi connectivity index (χ0) is 37.8. The zero-order valence-electron chi connectivity index (χ0n) is 33.6. The average molecular weight is 886 g/mol. The Morgan fingerprint density at radius 3 is 1.98 bits per heavy atom. The number of pyridine rings is 2. The van der Waals surface area contributed by atoms with E-state index in [4.69, 9.17) is 9.97 Å². The van der Waals surface area contributed by atoms with Crippen LogP contribution >= 0.6 is 0 Å². The van der Waals surface area contributed by atoms with Crippen LogP contribution in [0.3, 0.4) is 0 Å². The van der Waals surface area contributed by atoms with Gasteiger partial charge in [-0.1, -0.05) is 124 Å². The minimum atomic E-state index is -0.323. The van der Waals surface area contributed by atoms with Gasteiger partial charge in [-0.2, -0.15) is 0 Å². The molecule has 0 unspecified atom stereocenters.